The van der Waals surface area contributed by atoms with Crippen LogP contribution in [-0.2, 0) is 28.7 Å². The van der Waals surface area contributed by atoms with Gasteiger partial charge in [-0.05, 0) is 48.4 Å². The van der Waals surface area contributed by atoms with Crippen LogP contribution in [0.2, 0.25) is 0 Å². The summed E-state index contributed by atoms with van der Waals surface area (Å²) in [6, 6.07) is 8.93. The molecule has 0 fully saturated rings. The van der Waals surface area contributed by atoms with Gasteiger partial charge in [0.1, 0.15) is 0 Å². The van der Waals surface area contributed by atoms with Gasteiger partial charge in [0.05, 0.1) is 26.9 Å². The lowest BCUT2D eigenvalue weighted by atomic mass is 10.1. The van der Waals surface area contributed by atoms with E-state index in [4.69, 9.17) is 24.4 Å². The number of alkyl halides is 3. The Bertz CT molecular complexity index is 933. The molecule has 0 aliphatic rings. The third kappa shape index (κ3) is 9.82. The highest BCUT2D eigenvalue weighted by atomic mass is 19.4. The number of hydrogen-bond acceptors (Lipinski definition) is 6. The van der Waals surface area contributed by atoms with Crippen LogP contribution < -0.4 is 19.5 Å². The summed E-state index contributed by atoms with van der Waals surface area (Å²) >= 11 is 0. The molecule has 0 spiro atoms. The molecule has 0 aromatic heterocycles. The highest BCUT2D eigenvalue weighted by Crippen LogP contribution is 2.38. The monoisotopic (exact) mass is 485 g/mol. The zero-order chi connectivity index (χ0) is 25.7. The summed E-state index contributed by atoms with van der Waals surface area (Å²) in [4.78, 5) is 19.1. The van der Waals surface area contributed by atoms with Gasteiger partial charge in [0.25, 0.3) is 0 Å². The first kappa shape index (κ1) is 28.3. The molecule has 11 heteroatoms. The van der Waals surface area contributed by atoms with Gasteiger partial charge in [0.15, 0.2) is 11.5 Å². The van der Waals surface area contributed by atoms with Gasteiger partial charge in [-0.2, -0.15) is 13.2 Å². The lowest BCUT2D eigenvalue weighted by molar-refractivity contribution is -0.137. The zero-order valence-electron chi connectivity index (χ0n) is 18.8. The van der Waals surface area contributed by atoms with Crippen molar-refractivity contribution in [3.8, 4) is 17.2 Å². The number of carboxylic acid groups (broad SMARTS) is 2. The van der Waals surface area contributed by atoms with E-state index in [-0.39, 0.29) is 0 Å². The molecule has 2 aromatic rings. The van der Waals surface area contributed by atoms with E-state index in [1.165, 1.54) is 12.1 Å². The lowest BCUT2D eigenvalue weighted by Crippen LogP contribution is -2.17. The minimum Gasteiger partial charge on any atom is -0.493 e. The Hall–Kier alpha value is -3.73. The van der Waals surface area contributed by atoms with Crippen LogP contribution >= 0.6 is 0 Å². The molecule has 186 valence electrons. The van der Waals surface area contributed by atoms with Crippen molar-refractivity contribution in [3.05, 3.63) is 65.2 Å². The summed E-state index contributed by atoms with van der Waals surface area (Å²) < 4.78 is 53.5. The maximum atomic E-state index is 12.5. The van der Waals surface area contributed by atoms with Gasteiger partial charge >= 0.3 is 18.1 Å². The van der Waals surface area contributed by atoms with E-state index in [0.717, 1.165) is 23.3 Å². The summed E-state index contributed by atoms with van der Waals surface area (Å²) in [6.07, 6.45) is -2.56. The van der Waals surface area contributed by atoms with Crippen LogP contribution in [0.1, 0.15) is 16.7 Å². The Labute approximate surface area is 194 Å². The molecule has 34 heavy (non-hydrogen) atoms. The van der Waals surface area contributed by atoms with Crippen molar-refractivity contribution >= 4 is 11.9 Å². The number of hydrogen-bond donors (Lipinski definition) is 3. The molecular formula is C23H26F3NO7. The van der Waals surface area contributed by atoms with Crippen molar-refractivity contribution in [1.29, 1.82) is 0 Å². The van der Waals surface area contributed by atoms with Crippen LogP contribution in [0.15, 0.2) is 48.6 Å². The predicted molar refractivity (Wildman–Crippen MR) is 117 cm³/mol. The van der Waals surface area contributed by atoms with E-state index < -0.39 is 23.7 Å². The summed E-state index contributed by atoms with van der Waals surface area (Å²) in [5, 5.41) is 18.9. The standard InChI is InChI=1S/C19H22F3NO3.C4H4O4/c1-24-16-10-14(11-17(25-2)18(16)26-3)12-23-9-8-13-4-6-15(7-5-13)19(20,21)22;5-3(6)1-2-4(7)8/h4-7,10-11,23H,8-9,12H2,1-3H3;1-2H,(H,5,6)(H,7,8)/b;2-1-. The van der Waals surface area contributed by atoms with Crippen molar-refractivity contribution in [2.24, 2.45) is 0 Å². The molecule has 0 radical (unpaired) electrons. The minimum atomic E-state index is -4.30. The molecule has 0 saturated heterocycles. The maximum absolute atomic E-state index is 12.5. The largest absolute Gasteiger partial charge is 0.493 e. The van der Waals surface area contributed by atoms with Gasteiger partial charge in [-0.3, -0.25) is 0 Å². The number of carboxylic acids is 2. The van der Waals surface area contributed by atoms with Gasteiger partial charge < -0.3 is 29.7 Å². The van der Waals surface area contributed by atoms with Crippen molar-refractivity contribution in [2.45, 2.75) is 19.1 Å². The first-order valence-electron chi connectivity index (χ1n) is 9.81. The van der Waals surface area contributed by atoms with E-state index in [2.05, 4.69) is 5.32 Å². The molecule has 8 nitrogen and oxygen atoms in total. The third-order valence-corrected chi connectivity index (χ3v) is 4.29. The summed E-state index contributed by atoms with van der Waals surface area (Å²) in [5.74, 6) is -0.832. The first-order valence-corrected chi connectivity index (χ1v) is 9.81. The van der Waals surface area contributed by atoms with Gasteiger partial charge in [-0.15, -0.1) is 0 Å². The smallest absolute Gasteiger partial charge is 0.416 e. The Morgan fingerprint density at radius 1 is 0.882 bits per heavy atom. The Kier molecular flexibility index (Phi) is 11.4. The molecule has 2 aromatic carbocycles. The normalized spacial score (nSPS) is 10.9. The average Bonchev–Trinajstić information content (AvgIpc) is 2.79. The number of aliphatic carboxylic acids is 2. The second-order valence-corrected chi connectivity index (χ2v) is 6.66. The van der Waals surface area contributed by atoms with Crippen LogP contribution in [0.3, 0.4) is 0 Å². The molecule has 0 unspecified atom stereocenters. The van der Waals surface area contributed by atoms with Gasteiger partial charge in [-0.25, -0.2) is 9.59 Å². The SMILES string of the molecule is COc1cc(CNCCc2ccc(C(F)(F)F)cc2)cc(OC)c1OC.O=C(O)/C=C\C(=O)O. The number of rotatable bonds is 10. The van der Waals surface area contributed by atoms with Crippen LogP contribution in [-0.4, -0.2) is 50.0 Å². The molecule has 0 amide bonds. The molecule has 0 heterocycles. The van der Waals surface area contributed by atoms with Crippen LogP contribution in [0.25, 0.3) is 0 Å². The Morgan fingerprint density at radius 2 is 1.38 bits per heavy atom. The van der Waals surface area contributed by atoms with Crippen molar-refractivity contribution in [1.82, 2.24) is 5.32 Å². The van der Waals surface area contributed by atoms with Crippen LogP contribution in [0, 0.1) is 0 Å². The molecule has 2 rings (SSSR count). The fourth-order valence-corrected chi connectivity index (χ4v) is 2.71. The molecule has 3 N–H and O–H groups in total. The fraction of sp³-hybridized carbons (Fsp3) is 0.304. The minimum absolute atomic E-state index is 0.531. The van der Waals surface area contributed by atoms with Crippen molar-refractivity contribution < 1.29 is 47.2 Å². The van der Waals surface area contributed by atoms with E-state index in [9.17, 15) is 22.8 Å². The number of ether oxygens (including phenoxy) is 3. The molecule has 0 aliphatic heterocycles. The highest BCUT2D eigenvalue weighted by Gasteiger charge is 2.29. The number of methoxy groups -OCH3 is 3. The quantitative estimate of drug-likeness (QED) is 0.344. The second-order valence-electron chi connectivity index (χ2n) is 6.66. The molecular weight excluding hydrogens is 459 g/mol. The highest BCUT2D eigenvalue weighted by molar-refractivity contribution is 5.89. The van der Waals surface area contributed by atoms with Gasteiger partial charge in [-0.1, -0.05) is 12.1 Å². The predicted octanol–water partition coefficient (Wildman–Crippen LogP) is 3.78. The van der Waals surface area contributed by atoms with Crippen LogP contribution in [0.5, 0.6) is 17.2 Å². The number of benzene rings is 2. The van der Waals surface area contributed by atoms with Crippen molar-refractivity contribution in [3.63, 3.8) is 0 Å². The zero-order valence-corrected chi connectivity index (χ0v) is 18.8. The van der Waals surface area contributed by atoms with Gasteiger partial charge in [0.2, 0.25) is 5.75 Å². The topological polar surface area (TPSA) is 114 Å². The fourth-order valence-electron chi connectivity index (χ4n) is 2.71. The van der Waals surface area contributed by atoms with Gasteiger partial charge in [0, 0.05) is 18.7 Å². The summed E-state index contributed by atoms with van der Waals surface area (Å²) in [6.45, 7) is 1.19. The summed E-state index contributed by atoms with van der Waals surface area (Å²) in [5.41, 5.74) is 1.16. The molecule has 0 atom stereocenters. The van der Waals surface area contributed by atoms with E-state index in [0.29, 0.717) is 48.9 Å². The Morgan fingerprint density at radius 3 is 1.76 bits per heavy atom. The maximum Gasteiger partial charge on any atom is 0.416 e. The number of halogens is 3. The molecule has 0 bridgehead atoms. The first-order chi connectivity index (χ1) is 16.0. The summed E-state index contributed by atoms with van der Waals surface area (Å²) in [7, 11) is 4.65. The van der Waals surface area contributed by atoms with E-state index in [1.807, 2.05) is 12.1 Å². The third-order valence-electron chi connectivity index (χ3n) is 4.29. The molecule has 0 aliphatic carbocycles. The van der Waals surface area contributed by atoms with E-state index in [1.54, 1.807) is 21.3 Å². The second kappa shape index (κ2) is 13.7. The van der Waals surface area contributed by atoms with Crippen LogP contribution in [0.4, 0.5) is 13.2 Å². The average molecular weight is 485 g/mol. The lowest BCUT2D eigenvalue weighted by Gasteiger charge is -2.14. The number of carbonyl (C=O) groups is 2. The molecule has 0 saturated carbocycles. The number of nitrogens with one attached hydrogen (secondary N) is 1. The van der Waals surface area contributed by atoms with Crippen molar-refractivity contribution in [2.75, 3.05) is 27.9 Å². The van der Waals surface area contributed by atoms with E-state index >= 15 is 0 Å². The Balaban J connectivity index is 0.000000620.